The van der Waals surface area contributed by atoms with Gasteiger partial charge in [0.05, 0.1) is 17.8 Å². The van der Waals surface area contributed by atoms with Gasteiger partial charge in [-0.05, 0) is 24.9 Å². The molecule has 0 unspecified atom stereocenters. The van der Waals surface area contributed by atoms with Gasteiger partial charge in [-0.2, -0.15) is 0 Å². The predicted molar refractivity (Wildman–Crippen MR) is 91.0 cm³/mol. The molecule has 0 aliphatic carbocycles. The molecule has 1 aromatic carbocycles. The van der Waals surface area contributed by atoms with Crippen molar-refractivity contribution < 1.29 is 9.34 Å². The van der Waals surface area contributed by atoms with Gasteiger partial charge in [-0.3, -0.25) is 15.0 Å². The van der Waals surface area contributed by atoms with E-state index in [1.54, 1.807) is 12.3 Å². The molecular weight excluding hydrogens is 322 g/mol. The fourth-order valence-electron chi connectivity index (χ4n) is 3.45. The number of non-ortho nitro benzene ring substituents is 1. The number of benzene rings is 1. The molecule has 2 aromatic heterocycles. The average molecular weight is 341 g/mol. The van der Waals surface area contributed by atoms with Crippen molar-refractivity contribution in [3.63, 3.8) is 0 Å². The first kappa shape index (κ1) is 15.8. The molecule has 0 amide bonds. The third-order valence-corrected chi connectivity index (χ3v) is 4.90. The normalized spacial score (nSPS) is 21.6. The van der Waals surface area contributed by atoms with Crippen LogP contribution in [0.15, 0.2) is 41.3 Å². The third-order valence-electron chi connectivity index (χ3n) is 4.90. The van der Waals surface area contributed by atoms with Gasteiger partial charge in [0.15, 0.2) is 5.58 Å². The Kier molecular flexibility index (Phi) is 3.96. The molecule has 0 radical (unpaired) electrons. The quantitative estimate of drug-likeness (QED) is 0.535. The van der Waals surface area contributed by atoms with E-state index in [9.17, 15) is 10.1 Å². The molecule has 0 N–H and O–H groups in total. The minimum Gasteiger partial charge on any atom is -0.439 e. The second kappa shape index (κ2) is 6.29. The van der Waals surface area contributed by atoms with Crippen LogP contribution in [0.25, 0.3) is 11.1 Å². The number of imidazole rings is 1. The Labute approximate surface area is 144 Å². The molecule has 130 valence electrons. The average Bonchev–Trinajstić information content (AvgIpc) is 3.24. The van der Waals surface area contributed by atoms with Gasteiger partial charge in [-0.1, -0.05) is 6.92 Å². The summed E-state index contributed by atoms with van der Waals surface area (Å²) >= 11 is 0. The number of hydrogen-bond acceptors (Lipinski definition) is 6. The summed E-state index contributed by atoms with van der Waals surface area (Å²) in [6.07, 6.45) is 6.76. The maximum Gasteiger partial charge on any atom is 0.271 e. The maximum absolute atomic E-state index is 10.9. The van der Waals surface area contributed by atoms with Crippen LogP contribution in [0, 0.1) is 16.0 Å². The fourth-order valence-corrected chi connectivity index (χ4v) is 3.45. The first-order valence-electron chi connectivity index (χ1n) is 8.34. The van der Waals surface area contributed by atoms with Crippen molar-refractivity contribution in [3.8, 4) is 0 Å². The highest BCUT2D eigenvalue weighted by atomic mass is 16.6. The Bertz CT molecular complexity index is 889. The van der Waals surface area contributed by atoms with Crippen LogP contribution in [0.3, 0.4) is 0 Å². The van der Waals surface area contributed by atoms with Crippen molar-refractivity contribution in [2.24, 2.45) is 5.92 Å². The van der Waals surface area contributed by atoms with Crippen LogP contribution in [0.5, 0.6) is 0 Å². The van der Waals surface area contributed by atoms with Crippen LogP contribution in [0.2, 0.25) is 0 Å². The summed E-state index contributed by atoms with van der Waals surface area (Å²) < 4.78 is 7.92. The molecule has 0 saturated carbocycles. The Morgan fingerprint density at radius 3 is 3.08 bits per heavy atom. The van der Waals surface area contributed by atoms with E-state index < -0.39 is 4.92 Å². The summed E-state index contributed by atoms with van der Waals surface area (Å²) in [5.74, 6) is 1.17. The number of nitrogens with zero attached hydrogens (tertiary/aromatic N) is 5. The Morgan fingerprint density at radius 2 is 2.32 bits per heavy atom. The van der Waals surface area contributed by atoms with Crippen LogP contribution < -0.4 is 0 Å². The standard InChI is InChI=1S/C17H19N5O3/c1-12-4-6-20(9-15(12)21-7-5-18-11-21)10-17-19-14-8-13(22(23)24)2-3-16(14)25-17/h2-3,5,7-8,11-12,15H,4,6,9-10H2,1H3/t12-,15+/m0/s1. The summed E-state index contributed by atoms with van der Waals surface area (Å²) in [5, 5.41) is 10.9. The first-order valence-corrected chi connectivity index (χ1v) is 8.34. The van der Waals surface area contributed by atoms with E-state index in [1.165, 1.54) is 12.1 Å². The number of nitro groups is 1. The Hall–Kier alpha value is -2.74. The van der Waals surface area contributed by atoms with E-state index in [1.807, 2.05) is 12.5 Å². The number of nitro benzene ring substituents is 1. The lowest BCUT2D eigenvalue weighted by Gasteiger charge is -2.37. The molecule has 1 aliphatic rings. The van der Waals surface area contributed by atoms with Crippen molar-refractivity contribution in [1.82, 2.24) is 19.4 Å². The Balaban J connectivity index is 1.51. The van der Waals surface area contributed by atoms with Crippen LogP contribution in [0.1, 0.15) is 25.3 Å². The van der Waals surface area contributed by atoms with E-state index in [0.717, 1.165) is 19.5 Å². The number of piperidine rings is 1. The molecular formula is C17H19N5O3. The summed E-state index contributed by atoms with van der Waals surface area (Å²) in [7, 11) is 0. The van der Waals surface area contributed by atoms with Crippen molar-refractivity contribution in [2.75, 3.05) is 13.1 Å². The van der Waals surface area contributed by atoms with Crippen molar-refractivity contribution in [2.45, 2.75) is 25.9 Å². The SMILES string of the molecule is C[C@H]1CCN(Cc2nc3cc([N+](=O)[O-])ccc3o2)C[C@H]1n1ccnc1. The van der Waals surface area contributed by atoms with Gasteiger partial charge in [-0.15, -0.1) is 0 Å². The van der Waals surface area contributed by atoms with Gasteiger partial charge < -0.3 is 8.98 Å². The highest BCUT2D eigenvalue weighted by molar-refractivity contribution is 5.75. The second-order valence-corrected chi connectivity index (χ2v) is 6.60. The van der Waals surface area contributed by atoms with Crippen molar-refractivity contribution >= 4 is 16.8 Å². The van der Waals surface area contributed by atoms with E-state index in [2.05, 4.69) is 26.4 Å². The largest absolute Gasteiger partial charge is 0.439 e. The summed E-state index contributed by atoms with van der Waals surface area (Å²) in [6, 6.07) is 4.88. The zero-order valence-corrected chi connectivity index (χ0v) is 13.9. The van der Waals surface area contributed by atoms with Crippen LogP contribution >= 0.6 is 0 Å². The molecule has 25 heavy (non-hydrogen) atoms. The lowest BCUT2D eigenvalue weighted by Crippen LogP contribution is -2.40. The zero-order chi connectivity index (χ0) is 17.4. The third kappa shape index (κ3) is 3.12. The Morgan fingerprint density at radius 1 is 1.44 bits per heavy atom. The van der Waals surface area contributed by atoms with Crippen LogP contribution in [-0.4, -0.2) is 37.4 Å². The lowest BCUT2D eigenvalue weighted by molar-refractivity contribution is -0.384. The number of likely N-dealkylation sites (tertiary alicyclic amines) is 1. The molecule has 0 spiro atoms. The van der Waals surface area contributed by atoms with Gasteiger partial charge in [0.25, 0.3) is 5.69 Å². The predicted octanol–water partition coefficient (Wildman–Crippen LogP) is 3.02. The van der Waals surface area contributed by atoms with Crippen LogP contribution in [-0.2, 0) is 6.54 Å². The molecule has 4 rings (SSSR count). The van der Waals surface area contributed by atoms with Gasteiger partial charge in [0.2, 0.25) is 5.89 Å². The van der Waals surface area contributed by atoms with Crippen LogP contribution in [0.4, 0.5) is 5.69 Å². The highest BCUT2D eigenvalue weighted by Crippen LogP contribution is 2.29. The molecule has 0 bridgehead atoms. The zero-order valence-electron chi connectivity index (χ0n) is 13.9. The van der Waals surface area contributed by atoms with Crippen molar-refractivity contribution in [3.05, 3.63) is 52.9 Å². The molecule has 1 saturated heterocycles. The number of oxazole rings is 1. The minimum absolute atomic E-state index is 0.0271. The molecule has 8 nitrogen and oxygen atoms in total. The number of fused-ring (bicyclic) bond motifs is 1. The van der Waals surface area contributed by atoms with E-state index in [4.69, 9.17) is 4.42 Å². The maximum atomic E-state index is 10.9. The summed E-state index contributed by atoms with van der Waals surface area (Å²) in [4.78, 5) is 21.3. The second-order valence-electron chi connectivity index (χ2n) is 6.60. The lowest BCUT2D eigenvalue weighted by atomic mass is 9.93. The van der Waals surface area contributed by atoms with E-state index in [0.29, 0.717) is 35.5 Å². The number of hydrogen-bond donors (Lipinski definition) is 0. The smallest absolute Gasteiger partial charge is 0.271 e. The van der Waals surface area contributed by atoms with E-state index in [-0.39, 0.29) is 5.69 Å². The van der Waals surface area contributed by atoms with E-state index >= 15 is 0 Å². The minimum atomic E-state index is -0.421. The molecule has 2 atom stereocenters. The monoisotopic (exact) mass is 341 g/mol. The summed E-state index contributed by atoms with van der Waals surface area (Å²) in [5.41, 5.74) is 1.14. The molecule has 1 fully saturated rings. The molecule has 3 heterocycles. The molecule has 1 aliphatic heterocycles. The van der Waals surface area contributed by atoms with Gasteiger partial charge in [0.1, 0.15) is 5.52 Å². The number of rotatable bonds is 4. The van der Waals surface area contributed by atoms with Crippen molar-refractivity contribution in [1.29, 1.82) is 0 Å². The van der Waals surface area contributed by atoms with Gasteiger partial charge >= 0.3 is 0 Å². The highest BCUT2D eigenvalue weighted by Gasteiger charge is 2.28. The van der Waals surface area contributed by atoms with Gasteiger partial charge in [0, 0.05) is 37.1 Å². The number of aromatic nitrogens is 3. The summed E-state index contributed by atoms with van der Waals surface area (Å²) in [6.45, 7) is 4.74. The fraction of sp³-hybridized carbons (Fsp3) is 0.412. The molecule has 8 heteroatoms. The topological polar surface area (TPSA) is 90.2 Å². The van der Waals surface area contributed by atoms with Gasteiger partial charge in [-0.25, -0.2) is 9.97 Å². The first-order chi connectivity index (χ1) is 12.1. The molecule has 3 aromatic rings.